The molecule has 0 aliphatic carbocycles. The summed E-state index contributed by atoms with van der Waals surface area (Å²) in [5.41, 5.74) is 6.07. The third-order valence-corrected chi connectivity index (χ3v) is 5.78. The molecule has 0 aliphatic heterocycles. The average molecular weight is 299 g/mol. The highest BCUT2D eigenvalue weighted by molar-refractivity contribution is 7.91. The summed E-state index contributed by atoms with van der Waals surface area (Å²) in [4.78, 5) is 0.1000. The number of thiocarbonyl (C=S) groups is 1. The Morgan fingerprint density at radius 2 is 2.25 bits per heavy atom. The summed E-state index contributed by atoms with van der Waals surface area (Å²) in [7, 11) is -3.59. The van der Waals surface area contributed by atoms with Gasteiger partial charge in [0.15, 0.2) is 0 Å². The van der Waals surface area contributed by atoms with Crippen LogP contribution >= 0.6 is 35.2 Å². The van der Waals surface area contributed by atoms with E-state index in [4.69, 9.17) is 29.6 Å². The van der Waals surface area contributed by atoms with Crippen molar-refractivity contribution in [2.24, 2.45) is 5.73 Å². The van der Waals surface area contributed by atoms with Crippen LogP contribution < -0.4 is 10.5 Å². The van der Waals surface area contributed by atoms with Crippen molar-refractivity contribution in [3.8, 4) is 0 Å². The Morgan fingerprint density at radius 1 is 1.69 bits per heavy atom. The van der Waals surface area contributed by atoms with Crippen LogP contribution in [0.4, 0.5) is 0 Å². The summed E-state index contributed by atoms with van der Waals surface area (Å²) in [6, 6.07) is 0.933. The molecule has 0 aromatic carbocycles. The van der Waals surface area contributed by atoms with Gasteiger partial charge in [-0.2, -0.15) is 0 Å². The third kappa shape index (κ3) is 3.14. The van der Waals surface area contributed by atoms with Gasteiger partial charge in [-0.25, -0.2) is 13.1 Å². The van der Waals surface area contributed by atoms with Crippen LogP contribution in [0.25, 0.3) is 0 Å². The van der Waals surface area contributed by atoms with Gasteiger partial charge in [-0.05, 0) is 25.5 Å². The van der Waals surface area contributed by atoms with E-state index in [1.54, 1.807) is 13.8 Å². The fourth-order valence-electron chi connectivity index (χ4n) is 0.913. The van der Waals surface area contributed by atoms with Crippen LogP contribution in [0.15, 0.2) is 10.3 Å². The minimum atomic E-state index is -3.59. The molecule has 8 heteroatoms. The van der Waals surface area contributed by atoms with Gasteiger partial charge >= 0.3 is 0 Å². The molecule has 0 amide bonds. The van der Waals surface area contributed by atoms with Crippen LogP contribution in [0.2, 0.25) is 4.34 Å². The summed E-state index contributed by atoms with van der Waals surface area (Å²) in [6.45, 7) is 3.33. The molecule has 1 aromatic heterocycles. The van der Waals surface area contributed by atoms with Crippen molar-refractivity contribution >= 4 is 50.2 Å². The second-order valence-corrected chi connectivity index (χ2v) is 7.33. The molecule has 0 fully saturated rings. The summed E-state index contributed by atoms with van der Waals surface area (Å²) < 4.78 is 26.7. The van der Waals surface area contributed by atoms with Gasteiger partial charge in [0.05, 0.1) is 15.4 Å². The third-order valence-electron chi connectivity index (χ3n) is 1.86. The Bertz CT molecular complexity index is 490. The van der Waals surface area contributed by atoms with Crippen molar-refractivity contribution in [3.63, 3.8) is 0 Å². The maximum atomic E-state index is 11.8. The van der Waals surface area contributed by atoms with Crippen molar-refractivity contribution in [1.29, 1.82) is 0 Å². The summed E-state index contributed by atoms with van der Waals surface area (Å²) >= 11 is 11.5. The zero-order valence-electron chi connectivity index (χ0n) is 8.65. The quantitative estimate of drug-likeness (QED) is 0.829. The number of hydrogen-bond acceptors (Lipinski definition) is 4. The van der Waals surface area contributed by atoms with Gasteiger partial charge in [0.25, 0.3) is 10.0 Å². The van der Waals surface area contributed by atoms with Gasteiger partial charge in [0.2, 0.25) is 0 Å². The van der Waals surface area contributed by atoms with Gasteiger partial charge in [-0.1, -0.05) is 23.8 Å². The molecule has 1 aromatic rings. The normalized spacial score (nSPS) is 13.7. The highest BCUT2D eigenvalue weighted by Crippen LogP contribution is 2.29. The Labute approximate surface area is 109 Å². The predicted molar refractivity (Wildman–Crippen MR) is 70.6 cm³/mol. The first-order valence-electron chi connectivity index (χ1n) is 4.31. The average Bonchev–Trinajstić information content (AvgIpc) is 2.47. The van der Waals surface area contributed by atoms with Gasteiger partial charge in [-0.3, -0.25) is 0 Å². The minimum Gasteiger partial charge on any atom is -0.392 e. The van der Waals surface area contributed by atoms with Crippen molar-refractivity contribution in [2.45, 2.75) is 24.1 Å². The molecule has 16 heavy (non-hydrogen) atoms. The van der Waals surface area contributed by atoms with Crippen molar-refractivity contribution in [1.82, 2.24) is 4.72 Å². The monoisotopic (exact) mass is 298 g/mol. The van der Waals surface area contributed by atoms with E-state index in [1.165, 1.54) is 6.07 Å². The number of nitrogens with one attached hydrogen (secondary N) is 1. The largest absolute Gasteiger partial charge is 0.392 e. The molecule has 0 bridgehead atoms. The SMILES string of the molecule is Cc1cc(S(=O)(=O)NC(C)C(N)=S)sc1Cl. The lowest BCUT2D eigenvalue weighted by atomic mass is 10.4. The van der Waals surface area contributed by atoms with E-state index in [9.17, 15) is 8.42 Å². The van der Waals surface area contributed by atoms with E-state index < -0.39 is 16.1 Å². The summed E-state index contributed by atoms with van der Waals surface area (Å²) in [6.07, 6.45) is 0. The van der Waals surface area contributed by atoms with Crippen LogP contribution in [0.3, 0.4) is 0 Å². The molecule has 4 nitrogen and oxygen atoms in total. The first kappa shape index (κ1) is 13.9. The Balaban J connectivity index is 2.99. The Hall–Kier alpha value is -0.210. The molecule has 0 spiro atoms. The highest BCUT2D eigenvalue weighted by atomic mass is 35.5. The molecule has 0 saturated carbocycles. The maximum absolute atomic E-state index is 11.8. The first-order valence-corrected chi connectivity index (χ1v) is 7.40. The fraction of sp³-hybridized carbons (Fsp3) is 0.375. The number of sulfonamides is 1. The number of rotatable bonds is 4. The van der Waals surface area contributed by atoms with E-state index in [2.05, 4.69) is 4.72 Å². The zero-order valence-corrected chi connectivity index (χ0v) is 11.9. The highest BCUT2D eigenvalue weighted by Gasteiger charge is 2.21. The Kier molecular flexibility index (Phi) is 4.30. The first-order chi connectivity index (χ1) is 7.24. The van der Waals surface area contributed by atoms with Gasteiger partial charge in [-0.15, -0.1) is 11.3 Å². The zero-order chi connectivity index (χ0) is 12.5. The standard InChI is InChI=1S/C8H11ClN2O2S3/c1-4-3-6(15-7(4)9)16(12,13)11-5(2)8(10)14/h3,5,11H,1-2H3,(H2,10,14). The van der Waals surface area contributed by atoms with Crippen LogP contribution in [0.1, 0.15) is 12.5 Å². The second-order valence-electron chi connectivity index (χ2n) is 3.27. The summed E-state index contributed by atoms with van der Waals surface area (Å²) in [5, 5.41) is 0. The van der Waals surface area contributed by atoms with Crippen LogP contribution in [-0.4, -0.2) is 19.4 Å². The number of hydrogen-bond donors (Lipinski definition) is 2. The molecule has 0 aliphatic rings. The molecule has 90 valence electrons. The molecule has 1 unspecified atom stereocenters. The lowest BCUT2D eigenvalue weighted by Crippen LogP contribution is -2.40. The molecule has 1 atom stereocenters. The lowest BCUT2D eigenvalue weighted by Gasteiger charge is -2.10. The maximum Gasteiger partial charge on any atom is 0.250 e. The van der Waals surface area contributed by atoms with E-state index in [0.717, 1.165) is 16.9 Å². The Morgan fingerprint density at radius 3 is 2.62 bits per heavy atom. The molecule has 3 N–H and O–H groups in total. The van der Waals surface area contributed by atoms with Gasteiger partial charge in [0, 0.05) is 0 Å². The minimum absolute atomic E-state index is 0.1000. The smallest absolute Gasteiger partial charge is 0.250 e. The second kappa shape index (κ2) is 4.97. The molecule has 0 radical (unpaired) electrons. The number of thiophene rings is 1. The van der Waals surface area contributed by atoms with Crippen molar-refractivity contribution in [3.05, 3.63) is 16.0 Å². The van der Waals surface area contributed by atoms with E-state index in [-0.39, 0.29) is 9.20 Å². The molecule has 1 heterocycles. The lowest BCUT2D eigenvalue weighted by molar-refractivity contribution is 0.581. The van der Waals surface area contributed by atoms with E-state index >= 15 is 0 Å². The molecule has 1 rings (SSSR count). The van der Waals surface area contributed by atoms with E-state index in [0.29, 0.717) is 4.34 Å². The van der Waals surface area contributed by atoms with E-state index in [1.807, 2.05) is 0 Å². The molecule has 0 saturated heterocycles. The van der Waals surface area contributed by atoms with Crippen LogP contribution in [-0.2, 0) is 10.0 Å². The van der Waals surface area contributed by atoms with Crippen molar-refractivity contribution < 1.29 is 8.42 Å². The number of halogens is 1. The van der Waals surface area contributed by atoms with Gasteiger partial charge in [0.1, 0.15) is 4.21 Å². The van der Waals surface area contributed by atoms with Crippen LogP contribution in [0.5, 0.6) is 0 Å². The summed E-state index contributed by atoms with van der Waals surface area (Å²) in [5.74, 6) is 0. The predicted octanol–water partition coefficient (Wildman–Crippen LogP) is 1.66. The fourth-order valence-corrected chi connectivity index (χ4v) is 3.99. The van der Waals surface area contributed by atoms with Gasteiger partial charge < -0.3 is 5.73 Å². The number of aryl methyl sites for hydroxylation is 1. The molecular formula is C8H11ClN2O2S3. The van der Waals surface area contributed by atoms with Crippen LogP contribution in [0, 0.1) is 6.92 Å². The van der Waals surface area contributed by atoms with Crippen molar-refractivity contribution in [2.75, 3.05) is 0 Å². The topological polar surface area (TPSA) is 72.2 Å². The number of nitrogens with two attached hydrogens (primary N) is 1. The molecular weight excluding hydrogens is 288 g/mol.